The van der Waals surface area contributed by atoms with Crippen LogP contribution < -0.4 is 10.1 Å². The lowest BCUT2D eigenvalue weighted by atomic mass is 9.99. The first-order chi connectivity index (χ1) is 9.42. The summed E-state index contributed by atoms with van der Waals surface area (Å²) >= 11 is 0. The van der Waals surface area contributed by atoms with E-state index in [1.54, 1.807) is 27.0 Å². The normalized spacial score (nSPS) is 13.7. The summed E-state index contributed by atoms with van der Waals surface area (Å²) in [6, 6.07) is 4.39. The van der Waals surface area contributed by atoms with Crippen LogP contribution in [0.1, 0.15) is 25.8 Å². The molecule has 0 heterocycles. The molecule has 1 unspecified atom stereocenters. The first-order valence-corrected chi connectivity index (χ1v) is 6.68. The van der Waals surface area contributed by atoms with Crippen LogP contribution in [0.3, 0.4) is 0 Å². The monoisotopic (exact) mass is 283 g/mol. The first-order valence-electron chi connectivity index (χ1n) is 6.68. The highest BCUT2D eigenvalue weighted by molar-refractivity contribution is 5.80. The number of hydrogen-bond donors (Lipinski definition) is 1. The van der Waals surface area contributed by atoms with Crippen molar-refractivity contribution in [1.82, 2.24) is 5.32 Å². The summed E-state index contributed by atoms with van der Waals surface area (Å²) in [4.78, 5) is 11.9. The molecule has 1 N–H and O–H groups in total. The van der Waals surface area contributed by atoms with E-state index in [1.165, 1.54) is 12.1 Å². The van der Waals surface area contributed by atoms with Crippen LogP contribution >= 0.6 is 0 Å². The van der Waals surface area contributed by atoms with Crippen molar-refractivity contribution in [3.63, 3.8) is 0 Å². The summed E-state index contributed by atoms with van der Waals surface area (Å²) in [7, 11) is 1.70. The standard InChI is InChI=1S/C15H22FNO3/c1-5-19-14(18)15(3,17-4)8-9-20-13-10-12(16)7-6-11(13)2/h6-7,10,17H,5,8-9H2,1-4H3. The molecule has 1 aromatic carbocycles. The molecule has 1 aromatic rings. The van der Waals surface area contributed by atoms with E-state index < -0.39 is 5.54 Å². The molecule has 112 valence electrons. The number of likely N-dealkylation sites (N-methyl/N-ethyl adjacent to an activating group) is 1. The number of benzene rings is 1. The molecule has 0 aromatic heterocycles. The van der Waals surface area contributed by atoms with Gasteiger partial charge in [0.25, 0.3) is 0 Å². The fourth-order valence-electron chi connectivity index (χ4n) is 1.71. The van der Waals surface area contributed by atoms with Gasteiger partial charge in [0.05, 0.1) is 13.2 Å². The molecule has 0 fully saturated rings. The summed E-state index contributed by atoms with van der Waals surface area (Å²) in [5, 5.41) is 2.95. The molecule has 0 saturated heterocycles. The number of ether oxygens (including phenoxy) is 2. The zero-order valence-electron chi connectivity index (χ0n) is 12.5. The van der Waals surface area contributed by atoms with E-state index in [2.05, 4.69) is 5.32 Å². The highest BCUT2D eigenvalue weighted by Crippen LogP contribution is 2.20. The Kier molecular flexibility index (Phi) is 5.95. The smallest absolute Gasteiger partial charge is 0.326 e. The van der Waals surface area contributed by atoms with Gasteiger partial charge in [0.2, 0.25) is 0 Å². The maximum Gasteiger partial charge on any atom is 0.326 e. The van der Waals surface area contributed by atoms with Gasteiger partial charge in [0.1, 0.15) is 17.1 Å². The Morgan fingerprint density at radius 3 is 2.75 bits per heavy atom. The van der Waals surface area contributed by atoms with Crippen LogP contribution in [0.5, 0.6) is 5.75 Å². The Labute approximate surface area is 119 Å². The van der Waals surface area contributed by atoms with Crippen molar-refractivity contribution >= 4 is 5.97 Å². The van der Waals surface area contributed by atoms with Crippen molar-refractivity contribution in [2.24, 2.45) is 0 Å². The first kappa shape index (κ1) is 16.4. The van der Waals surface area contributed by atoms with Crippen LogP contribution in [-0.2, 0) is 9.53 Å². The second kappa shape index (κ2) is 7.24. The molecule has 1 rings (SSSR count). The lowest BCUT2D eigenvalue weighted by Gasteiger charge is -2.26. The summed E-state index contributed by atoms with van der Waals surface area (Å²) < 4.78 is 23.7. The molecule has 0 aliphatic heterocycles. The van der Waals surface area contributed by atoms with Crippen molar-refractivity contribution in [1.29, 1.82) is 0 Å². The molecule has 20 heavy (non-hydrogen) atoms. The number of hydrogen-bond acceptors (Lipinski definition) is 4. The van der Waals surface area contributed by atoms with Crippen molar-refractivity contribution in [3.8, 4) is 5.75 Å². The van der Waals surface area contributed by atoms with Gasteiger partial charge in [0, 0.05) is 12.5 Å². The van der Waals surface area contributed by atoms with Crippen LogP contribution in [0.2, 0.25) is 0 Å². The van der Waals surface area contributed by atoms with E-state index in [1.807, 2.05) is 6.92 Å². The SMILES string of the molecule is CCOC(=O)C(C)(CCOc1cc(F)ccc1C)NC. The summed E-state index contributed by atoms with van der Waals surface area (Å²) in [5.41, 5.74) is 0.0470. The van der Waals surface area contributed by atoms with Gasteiger partial charge >= 0.3 is 5.97 Å². The fraction of sp³-hybridized carbons (Fsp3) is 0.533. The quantitative estimate of drug-likeness (QED) is 0.781. The number of esters is 1. The predicted molar refractivity (Wildman–Crippen MR) is 75.3 cm³/mol. The zero-order valence-corrected chi connectivity index (χ0v) is 12.5. The third kappa shape index (κ3) is 4.20. The van der Waals surface area contributed by atoms with Gasteiger partial charge in [-0.05, 0) is 39.4 Å². The third-order valence-corrected chi connectivity index (χ3v) is 3.29. The van der Waals surface area contributed by atoms with E-state index >= 15 is 0 Å². The number of halogens is 1. The van der Waals surface area contributed by atoms with Crippen molar-refractivity contribution in [2.75, 3.05) is 20.3 Å². The van der Waals surface area contributed by atoms with Crippen LogP contribution in [0, 0.1) is 12.7 Å². The number of carbonyl (C=O) groups excluding carboxylic acids is 1. The Hall–Kier alpha value is -1.62. The van der Waals surface area contributed by atoms with Gasteiger partial charge in [-0.15, -0.1) is 0 Å². The van der Waals surface area contributed by atoms with Crippen LogP contribution in [0.15, 0.2) is 18.2 Å². The molecule has 0 radical (unpaired) electrons. The summed E-state index contributed by atoms with van der Waals surface area (Å²) in [6.45, 7) is 5.99. The minimum atomic E-state index is -0.808. The molecule has 5 heteroatoms. The molecule has 0 saturated carbocycles. The molecule has 1 atom stereocenters. The maximum absolute atomic E-state index is 13.1. The van der Waals surface area contributed by atoms with Crippen LogP contribution in [-0.4, -0.2) is 31.8 Å². The summed E-state index contributed by atoms with van der Waals surface area (Å²) in [6.07, 6.45) is 0.429. The van der Waals surface area contributed by atoms with Gasteiger partial charge < -0.3 is 14.8 Å². The number of nitrogens with one attached hydrogen (secondary N) is 1. The van der Waals surface area contributed by atoms with E-state index in [0.29, 0.717) is 25.4 Å². The second-order valence-corrected chi connectivity index (χ2v) is 4.81. The topological polar surface area (TPSA) is 47.6 Å². The van der Waals surface area contributed by atoms with Gasteiger partial charge in [-0.2, -0.15) is 0 Å². The van der Waals surface area contributed by atoms with Gasteiger partial charge in [-0.1, -0.05) is 6.07 Å². The highest BCUT2D eigenvalue weighted by atomic mass is 19.1. The summed E-state index contributed by atoms with van der Waals surface area (Å²) in [5.74, 6) is -0.165. The Morgan fingerprint density at radius 1 is 1.45 bits per heavy atom. The van der Waals surface area contributed by atoms with Gasteiger partial charge in [-0.25, -0.2) is 4.39 Å². The van der Waals surface area contributed by atoms with E-state index in [0.717, 1.165) is 5.56 Å². The molecule has 0 aliphatic rings. The van der Waals surface area contributed by atoms with Crippen molar-refractivity contribution < 1.29 is 18.7 Å². The van der Waals surface area contributed by atoms with Crippen LogP contribution in [0.4, 0.5) is 4.39 Å². The molecular formula is C15H22FNO3. The molecule has 0 amide bonds. The Balaban J connectivity index is 2.61. The van der Waals surface area contributed by atoms with Gasteiger partial charge in [0.15, 0.2) is 0 Å². The molecular weight excluding hydrogens is 261 g/mol. The Bertz CT molecular complexity index is 464. The third-order valence-electron chi connectivity index (χ3n) is 3.29. The predicted octanol–water partition coefficient (Wildman–Crippen LogP) is 2.44. The minimum Gasteiger partial charge on any atom is -0.493 e. The molecule has 0 aliphatic carbocycles. The zero-order chi connectivity index (χ0) is 15.2. The van der Waals surface area contributed by atoms with Crippen molar-refractivity contribution in [3.05, 3.63) is 29.6 Å². The maximum atomic E-state index is 13.1. The molecule has 4 nitrogen and oxygen atoms in total. The van der Waals surface area contributed by atoms with E-state index in [4.69, 9.17) is 9.47 Å². The average Bonchev–Trinajstić information content (AvgIpc) is 2.42. The highest BCUT2D eigenvalue weighted by Gasteiger charge is 2.32. The fourth-order valence-corrected chi connectivity index (χ4v) is 1.71. The largest absolute Gasteiger partial charge is 0.493 e. The van der Waals surface area contributed by atoms with Gasteiger partial charge in [-0.3, -0.25) is 4.79 Å². The lowest BCUT2D eigenvalue weighted by molar-refractivity contribution is -0.150. The second-order valence-electron chi connectivity index (χ2n) is 4.81. The van der Waals surface area contributed by atoms with Crippen LogP contribution in [0.25, 0.3) is 0 Å². The number of carbonyl (C=O) groups is 1. The minimum absolute atomic E-state index is 0.292. The number of rotatable bonds is 7. The number of aryl methyl sites for hydroxylation is 1. The van der Waals surface area contributed by atoms with Crippen molar-refractivity contribution in [2.45, 2.75) is 32.7 Å². The molecule has 0 spiro atoms. The van der Waals surface area contributed by atoms with E-state index in [9.17, 15) is 9.18 Å². The Morgan fingerprint density at radius 2 is 2.15 bits per heavy atom. The average molecular weight is 283 g/mol. The molecule has 0 bridgehead atoms. The van der Waals surface area contributed by atoms with E-state index in [-0.39, 0.29) is 11.8 Å². The lowest BCUT2D eigenvalue weighted by Crippen LogP contribution is -2.49.